The number of hydrogen-bond donors (Lipinski definition) is 0. The van der Waals surface area contributed by atoms with Crippen molar-refractivity contribution in [1.82, 2.24) is 0 Å². The van der Waals surface area contributed by atoms with E-state index in [1.54, 1.807) is 6.08 Å². The topological polar surface area (TPSA) is 66.4 Å². The maximum atomic E-state index is 10.1. The first-order valence-electron chi connectivity index (χ1n) is 9.02. The maximum absolute atomic E-state index is 10.1. The van der Waals surface area contributed by atoms with Gasteiger partial charge in [-0.15, -0.1) is 0 Å². The second-order valence-corrected chi connectivity index (χ2v) is 6.95. The van der Waals surface area contributed by atoms with Crippen LogP contribution in [0.2, 0.25) is 0 Å². The number of hydrogen-bond acceptors (Lipinski definition) is 4. The van der Waals surface area contributed by atoms with Crippen molar-refractivity contribution in [2.75, 3.05) is 0 Å². The van der Waals surface area contributed by atoms with Crippen LogP contribution >= 0.6 is 0 Å². The van der Waals surface area contributed by atoms with Crippen LogP contribution in [0.1, 0.15) is 90.4 Å². The Morgan fingerprint density at radius 1 is 0.792 bits per heavy atom. The van der Waals surface area contributed by atoms with Gasteiger partial charge in [-0.3, -0.25) is 0 Å². The second kappa shape index (κ2) is 19.5. The number of allylic oxidation sites excluding steroid dienone is 3. The van der Waals surface area contributed by atoms with Crippen LogP contribution in [-0.4, -0.2) is 13.0 Å². The summed E-state index contributed by atoms with van der Waals surface area (Å²) in [5, 5.41) is 0. The van der Waals surface area contributed by atoms with Crippen molar-refractivity contribution in [1.29, 1.82) is 0 Å². The third kappa shape index (κ3) is 24.4. The van der Waals surface area contributed by atoms with Crippen molar-refractivity contribution >= 4 is 10.4 Å². The molecule has 0 aliphatic heterocycles. The summed E-state index contributed by atoms with van der Waals surface area (Å²) < 4.78 is 34.3. The van der Waals surface area contributed by atoms with Crippen molar-refractivity contribution in [3.05, 3.63) is 24.5 Å². The Labute approximate surface area is 171 Å². The van der Waals surface area contributed by atoms with Crippen LogP contribution in [0.15, 0.2) is 24.5 Å². The molecule has 0 aromatic rings. The molecule has 6 heteroatoms. The Morgan fingerprint density at radius 3 is 1.71 bits per heavy atom. The predicted molar refractivity (Wildman–Crippen MR) is 94.8 cm³/mol. The van der Waals surface area contributed by atoms with E-state index in [-0.39, 0.29) is 29.6 Å². The molecule has 0 saturated carbocycles. The van der Waals surface area contributed by atoms with Gasteiger partial charge >= 0.3 is 29.6 Å². The Bertz CT molecular complexity index is 405. The predicted octanol–water partition coefficient (Wildman–Crippen LogP) is 2.63. The molecule has 136 valence electrons. The van der Waals surface area contributed by atoms with E-state index in [1.165, 1.54) is 76.7 Å². The monoisotopic (exact) mass is 368 g/mol. The maximum Gasteiger partial charge on any atom is 1.00 e. The summed E-state index contributed by atoms with van der Waals surface area (Å²) in [4.78, 5) is 0. The van der Waals surface area contributed by atoms with Gasteiger partial charge in [0.25, 0.3) is 10.4 Å². The summed E-state index contributed by atoms with van der Waals surface area (Å²) >= 11 is 0. The van der Waals surface area contributed by atoms with Crippen molar-refractivity contribution in [2.45, 2.75) is 90.4 Å². The van der Waals surface area contributed by atoms with Gasteiger partial charge in [0.15, 0.2) is 0 Å². The summed E-state index contributed by atoms with van der Waals surface area (Å²) in [6.07, 6.45) is 22.9. The summed E-state index contributed by atoms with van der Waals surface area (Å²) in [5.74, 6) is 0. The van der Waals surface area contributed by atoms with E-state index in [2.05, 4.69) is 11.1 Å². The fraction of sp³-hybridized carbons (Fsp3) is 0.778. The van der Waals surface area contributed by atoms with Crippen LogP contribution < -0.4 is 29.6 Å². The quantitative estimate of drug-likeness (QED) is 0.105. The normalized spacial score (nSPS) is 11.9. The molecule has 0 atom stereocenters. The van der Waals surface area contributed by atoms with Gasteiger partial charge in [0.05, 0.1) is 0 Å². The Kier molecular flexibility index (Phi) is 21.5. The van der Waals surface area contributed by atoms with Gasteiger partial charge in [0, 0.05) is 0 Å². The van der Waals surface area contributed by atoms with E-state index in [0.717, 1.165) is 19.1 Å². The molecule has 0 saturated heterocycles. The fourth-order valence-electron chi connectivity index (χ4n) is 2.42. The van der Waals surface area contributed by atoms with E-state index in [4.69, 9.17) is 0 Å². The molecule has 0 spiro atoms. The first-order valence-corrected chi connectivity index (χ1v) is 10.4. The van der Waals surface area contributed by atoms with Crippen LogP contribution in [0.25, 0.3) is 0 Å². The Balaban J connectivity index is 0. The van der Waals surface area contributed by atoms with Gasteiger partial charge in [0.2, 0.25) is 0 Å². The SMILES string of the molecule is CCCCCCCCCCCCCCC=CC=COS(=O)(=O)[O-].[Na+]. The van der Waals surface area contributed by atoms with Gasteiger partial charge in [-0.1, -0.05) is 89.7 Å². The first kappa shape index (κ1) is 26.4. The van der Waals surface area contributed by atoms with Gasteiger partial charge < -0.3 is 8.74 Å². The molecule has 0 aromatic carbocycles. The zero-order chi connectivity index (χ0) is 17.2. The van der Waals surface area contributed by atoms with Crippen molar-refractivity contribution < 1.29 is 46.7 Å². The summed E-state index contributed by atoms with van der Waals surface area (Å²) in [6.45, 7) is 2.25. The van der Waals surface area contributed by atoms with Crippen LogP contribution in [0.4, 0.5) is 0 Å². The smallest absolute Gasteiger partial charge is 0.716 e. The van der Waals surface area contributed by atoms with Crippen molar-refractivity contribution in [3.8, 4) is 0 Å². The molecule has 4 nitrogen and oxygen atoms in total. The zero-order valence-electron chi connectivity index (χ0n) is 15.5. The molecule has 0 amide bonds. The minimum atomic E-state index is -4.62. The zero-order valence-corrected chi connectivity index (χ0v) is 18.4. The molecule has 0 rings (SSSR count). The van der Waals surface area contributed by atoms with Crippen LogP contribution in [0, 0.1) is 0 Å². The summed E-state index contributed by atoms with van der Waals surface area (Å²) in [5.41, 5.74) is 0. The standard InChI is InChI=1S/C18H34O4S.Na/c1-2-3-4-5-6-7-8-9-10-11-12-13-14-15-16-17-18-22-23(19,20)21;/h15-18H,2-14H2,1H3,(H,19,20,21);/q;+1/p-1. The molecular weight excluding hydrogens is 335 g/mol. The van der Waals surface area contributed by atoms with Gasteiger partial charge in [-0.2, -0.15) is 0 Å². The van der Waals surface area contributed by atoms with Crippen LogP contribution in [0.3, 0.4) is 0 Å². The van der Waals surface area contributed by atoms with E-state index in [9.17, 15) is 13.0 Å². The molecule has 0 aliphatic carbocycles. The van der Waals surface area contributed by atoms with Crippen molar-refractivity contribution in [3.63, 3.8) is 0 Å². The van der Waals surface area contributed by atoms with E-state index in [1.807, 2.05) is 6.08 Å². The summed E-state index contributed by atoms with van der Waals surface area (Å²) in [6, 6.07) is 0. The molecule has 0 aliphatic rings. The van der Waals surface area contributed by atoms with Gasteiger partial charge in [-0.25, -0.2) is 8.42 Å². The number of rotatable bonds is 16. The molecule has 0 heterocycles. The minimum absolute atomic E-state index is 0. The molecule has 0 N–H and O–H groups in total. The Hall–Kier alpha value is 0.190. The Morgan fingerprint density at radius 2 is 1.25 bits per heavy atom. The van der Waals surface area contributed by atoms with E-state index in [0.29, 0.717) is 0 Å². The average molecular weight is 369 g/mol. The van der Waals surface area contributed by atoms with Gasteiger partial charge in [-0.05, 0) is 18.9 Å². The molecule has 0 bridgehead atoms. The number of unbranched alkanes of at least 4 members (excludes halogenated alkanes) is 12. The molecule has 24 heavy (non-hydrogen) atoms. The van der Waals surface area contributed by atoms with Gasteiger partial charge in [0.1, 0.15) is 6.26 Å². The average Bonchev–Trinajstić information content (AvgIpc) is 2.49. The molecule has 0 radical (unpaired) electrons. The van der Waals surface area contributed by atoms with Crippen molar-refractivity contribution in [2.24, 2.45) is 0 Å². The molecule has 0 unspecified atom stereocenters. The van der Waals surface area contributed by atoms with E-state index >= 15 is 0 Å². The molecular formula is C18H33NaO4S. The second-order valence-electron chi connectivity index (χ2n) is 5.94. The third-order valence-electron chi connectivity index (χ3n) is 3.72. The van der Waals surface area contributed by atoms with Crippen LogP contribution in [0.5, 0.6) is 0 Å². The molecule has 0 fully saturated rings. The minimum Gasteiger partial charge on any atom is -0.716 e. The molecule has 0 aromatic heterocycles. The largest absolute Gasteiger partial charge is 1.00 e. The first-order chi connectivity index (χ1) is 11.1. The van der Waals surface area contributed by atoms with E-state index < -0.39 is 10.4 Å². The summed E-state index contributed by atoms with van der Waals surface area (Å²) in [7, 11) is -4.62. The fourth-order valence-corrected chi connectivity index (χ4v) is 2.62. The third-order valence-corrected chi connectivity index (χ3v) is 4.07. The van der Waals surface area contributed by atoms with Crippen LogP contribution in [-0.2, 0) is 14.6 Å².